The summed E-state index contributed by atoms with van der Waals surface area (Å²) in [4.78, 5) is 24.6. The van der Waals surface area contributed by atoms with Crippen molar-refractivity contribution >= 4 is 23.2 Å². The van der Waals surface area contributed by atoms with Gasteiger partial charge in [-0.1, -0.05) is 6.92 Å². The van der Waals surface area contributed by atoms with Gasteiger partial charge in [0.25, 0.3) is 5.91 Å². The summed E-state index contributed by atoms with van der Waals surface area (Å²) in [5, 5.41) is 2.60. The predicted molar refractivity (Wildman–Crippen MR) is 75.9 cm³/mol. The second-order valence-corrected chi connectivity index (χ2v) is 4.53. The number of nitrogens with zero attached hydrogens (tertiary/aromatic N) is 1. The largest absolute Gasteiger partial charge is 0.398 e. The molecule has 0 bridgehead atoms. The number of hydrogen-bond donors (Lipinski definition) is 3. The van der Waals surface area contributed by atoms with Crippen LogP contribution in [0.2, 0.25) is 0 Å². The van der Waals surface area contributed by atoms with Crippen LogP contribution in [0, 0.1) is 5.92 Å². The standard InChI is InChI=1S/C13H20N4O2/c1-8(13(19)16-2)7-17(3)9-4-5-11(14)10(6-9)12(15)18/h4-6,8H,7,14H2,1-3H3,(H2,15,18)(H,16,19). The minimum absolute atomic E-state index is 0.0302. The molecule has 0 spiro atoms. The molecule has 0 fully saturated rings. The van der Waals surface area contributed by atoms with Gasteiger partial charge >= 0.3 is 0 Å². The molecule has 0 aromatic heterocycles. The van der Waals surface area contributed by atoms with Gasteiger partial charge in [0.15, 0.2) is 0 Å². The number of benzene rings is 1. The summed E-state index contributed by atoms with van der Waals surface area (Å²) in [6, 6.07) is 5.06. The van der Waals surface area contributed by atoms with Crippen molar-refractivity contribution in [1.29, 1.82) is 0 Å². The molecule has 6 heteroatoms. The summed E-state index contributed by atoms with van der Waals surface area (Å²) in [6.45, 7) is 2.36. The Labute approximate surface area is 112 Å². The Hall–Kier alpha value is -2.24. The lowest BCUT2D eigenvalue weighted by Crippen LogP contribution is -2.34. The first-order valence-electron chi connectivity index (χ1n) is 5.98. The van der Waals surface area contributed by atoms with Crippen LogP contribution < -0.4 is 21.7 Å². The maximum atomic E-state index is 11.5. The highest BCUT2D eigenvalue weighted by Gasteiger charge is 2.15. The van der Waals surface area contributed by atoms with E-state index >= 15 is 0 Å². The van der Waals surface area contributed by atoms with Crippen LogP contribution in [0.15, 0.2) is 18.2 Å². The zero-order chi connectivity index (χ0) is 14.6. The normalized spacial score (nSPS) is 11.7. The van der Waals surface area contributed by atoms with Gasteiger partial charge in [-0.15, -0.1) is 0 Å². The number of nitrogens with one attached hydrogen (secondary N) is 1. The Kier molecular flexibility index (Phi) is 4.74. The van der Waals surface area contributed by atoms with E-state index in [4.69, 9.17) is 11.5 Å². The van der Waals surface area contributed by atoms with Crippen molar-refractivity contribution in [2.75, 3.05) is 31.3 Å². The molecule has 0 aliphatic carbocycles. The van der Waals surface area contributed by atoms with Crippen molar-refractivity contribution in [3.8, 4) is 0 Å². The van der Waals surface area contributed by atoms with E-state index in [1.54, 1.807) is 25.2 Å². The smallest absolute Gasteiger partial charge is 0.250 e. The molecule has 1 aromatic rings. The lowest BCUT2D eigenvalue weighted by atomic mass is 10.1. The van der Waals surface area contributed by atoms with E-state index in [0.717, 1.165) is 5.69 Å². The van der Waals surface area contributed by atoms with E-state index in [1.807, 2.05) is 18.9 Å². The summed E-state index contributed by atoms with van der Waals surface area (Å²) in [7, 11) is 3.45. The maximum Gasteiger partial charge on any atom is 0.250 e. The van der Waals surface area contributed by atoms with Gasteiger partial charge in [-0.2, -0.15) is 0 Å². The van der Waals surface area contributed by atoms with Crippen LogP contribution in [0.4, 0.5) is 11.4 Å². The SMILES string of the molecule is CNC(=O)C(C)CN(C)c1ccc(N)c(C(N)=O)c1. The molecule has 2 amide bonds. The van der Waals surface area contributed by atoms with Crippen LogP contribution in [-0.2, 0) is 4.79 Å². The van der Waals surface area contributed by atoms with Gasteiger partial charge < -0.3 is 21.7 Å². The molecular weight excluding hydrogens is 244 g/mol. The first-order valence-corrected chi connectivity index (χ1v) is 5.98. The lowest BCUT2D eigenvalue weighted by Gasteiger charge is -2.23. The van der Waals surface area contributed by atoms with Crippen molar-refractivity contribution in [3.63, 3.8) is 0 Å². The van der Waals surface area contributed by atoms with E-state index in [-0.39, 0.29) is 17.4 Å². The Morgan fingerprint density at radius 1 is 1.42 bits per heavy atom. The van der Waals surface area contributed by atoms with Gasteiger partial charge in [0.1, 0.15) is 0 Å². The molecule has 0 heterocycles. The van der Waals surface area contributed by atoms with E-state index < -0.39 is 5.91 Å². The Balaban J connectivity index is 2.88. The van der Waals surface area contributed by atoms with Crippen LogP contribution in [0.25, 0.3) is 0 Å². The Bertz CT molecular complexity index is 488. The highest BCUT2D eigenvalue weighted by Crippen LogP contribution is 2.20. The highest BCUT2D eigenvalue weighted by molar-refractivity contribution is 5.99. The molecule has 0 aliphatic rings. The van der Waals surface area contributed by atoms with E-state index in [0.29, 0.717) is 12.2 Å². The van der Waals surface area contributed by atoms with Crippen molar-refractivity contribution in [2.45, 2.75) is 6.92 Å². The fraction of sp³-hybridized carbons (Fsp3) is 0.385. The van der Waals surface area contributed by atoms with Gasteiger partial charge in [0.2, 0.25) is 5.91 Å². The molecule has 19 heavy (non-hydrogen) atoms. The molecule has 5 N–H and O–H groups in total. The van der Waals surface area contributed by atoms with Crippen LogP contribution in [0.1, 0.15) is 17.3 Å². The maximum absolute atomic E-state index is 11.5. The molecule has 1 rings (SSSR count). The minimum atomic E-state index is -0.563. The number of rotatable bonds is 5. The number of anilines is 2. The third kappa shape index (κ3) is 3.61. The molecule has 0 saturated heterocycles. The number of primary amides is 1. The summed E-state index contributed by atoms with van der Waals surface area (Å²) in [6.07, 6.45) is 0. The highest BCUT2D eigenvalue weighted by atomic mass is 16.2. The van der Waals surface area contributed by atoms with Crippen molar-refractivity contribution in [3.05, 3.63) is 23.8 Å². The number of nitrogen functional groups attached to an aromatic ring is 1. The number of carbonyl (C=O) groups is 2. The monoisotopic (exact) mass is 264 g/mol. The summed E-state index contributed by atoms with van der Waals surface area (Å²) in [5.41, 5.74) is 12.4. The average molecular weight is 264 g/mol. The van der Waals surface area contributed by atoms with Gasteiger partial charge in [0.05, 0.1) is 11.5 Å². The Morgan fingerprint density at radius 3 is 2.58 bits per heavy atom. The predicted octanol–water partition coefficient (Wildman–Crippen LogP) is 0.186. The third-order valence-electron chi connectivity index (χ3n) is 2.98. The summed E-state index contributed by atoms with van der Waals surface area (Å²) < 4.78 is 0. The van der Waals surface area contributed by atoms with E-state index in [9.17, 15) is 9.59 Å². The average Bonchev–Trinajstić information content (AvgIpc) is 2.37. The minimum Gasteiger partial charge on any atom is -0.398 e. The quantitative estimate of drug-likeness (QED) is 0.660. The topological polar surface area (TPSA) is 101 Å². The third-order valence-corrected chi connectivity index (χ3v) is 2.98. The molecule has 0 radical (unpaired) electrons. The van der Waals surface area contributed by atoms with E-state index in [2.05, 4.69) is 5.32 Å². The molecule has 1 aromatic carbocycles. The van der Waals surface area contributed by atoms with Crippen molar-refractivity contribution in [2.24, 2.45) is 11.7 Å². The lowest BCUT2D eigenvalue weighted by molar-refractivity contribution is -0.123. The Morgan fingerprint density at radius 2 is 2.05 bits per heavy atom. The number of amides is 2. The fourth-order valence-corrected chi connectivity index (χ4v) is 1.84. The van der Waals surface area contributed by atoms with Gasteiger partial charge in [-0.25, -0.2) is 0 Å². The van der Waals surface area contributed by atoms with Gasteiger partial charge in [0, 0.05) is 32.0 Å². The molecule has 0 aliphatic heterocycles. The molecule has 6 nitrogen and oxygen atoms in total. The fourth-order valence-electron chi connectivity index (χ4n) is 1.84. The van der Waals surface area contributed by atoms with Crippen LogP contribution in [0.3, 0.4) is 0 Å². The summed E-state index contributed by atoms with van der Waals surface area (Å²) in [5.74, 6) is -0.755. The molecular formula is C13H20N4O2. The molecule has 104 valence electrons. The van der Waals surface area contributed by atoms with E-state index in [1.165, 1.54) is 0 Å². The first-order chi connectivity index (χ1) is 8.86. The second kappa shape index (κ2) is 6.08. The van der Waals surface area contributed by atoms with Crippen molar-refractivity contribution < 1.29 is 9.59 Å². The molecule has 1 atom stereocenters. The van der Waals surface area contributed by atoms with Gasteiger partial charge in [-0.05, 0) is 18.2 Å². The van der Waals surface area contributed by atoms with Crippen molar-refractivity contribution in [1.82, 2.24) is 5.32 Å². The zero-order valence-corrected chi connectivity index (χ0v) is 11.4. The van der Waals surface area contributed by atoms with Crippen LogP contribution in [0.5, 0.6) is 0 Å². The van der Waals surface area contributed by atoms with Crippen LogP contribution >= 0.6 is 0 Å². The molecule has 1 unspecified atom stereocenters. The first kappa shape index (κ1) is 14.8. The number of hydrogen-bond acceptors (Lipinski definition) is 4. The summed E-state index contributed by atoms with van der Waals surface area (Å²) >= 11 is 0. The second-order valence-electron chi connectivity index (χ2n) is 4.53. The zero-order valence-electron chi connectivity index (χ0n) is 11.4. The van der Waals surface area contributed by atoms with Crippen LogP contribution in [-0.4, -0.2) is 32.5 Å². The van der Waals surface area contributed by atoms with Gasteiger partial charge in [-0.3, -0.25) is 9.59 Å². The number of carbonyl (C=O) groups excluding carboxylic acids is 2. The molecule has 0 saturated carbocycles. The number of nitrogens with two attached hydrogens (primary N) is 2.